The highest BCUT2D eigenvalue weighted by Gasteiger charge is 2.32. The number of hydrogen-bond donors (Lipinski definition) is 1. The molecule has 3 aromatic carbocycles. The molecule has 0 unspecified atom stereocenters. The van der Waals surface area contributed by atoms with Gasteiger partial charge in [-0.2, -0.15) is 0 Å². The SMILES string of the molecule is Cc1ccc2c(c1)[C@@H](Cc1nc3ccccc3c(=O)n1-c1ccccc1)C(=O)N2. The lowest BCUT2D eigenvalue weighted by Gasteiger charge is -2.16. The summed E-state index contributed by atoms with van der Waals surface area (Å²) in [7, 11) is 0. The maximum absolute atomic E-state index is 13.3. The maximum Gasteiger partial charge on any atom is 0.265 e. The summed E-state index contributed by atoms with van der Waals surface area (Å²) < 4.78 is 1.63. The molecular formula is C24H19N3O2. The van der Waals surface area contributed by atoms with Crippen molar-refractivity contribution in [1.82, 2.24) is 9.55 Å². The van der Waals surface area contributed by atoms with Crippen LogP contribution in [-0.4, -0.2) is 15.5 Å². The molecule has 0 aliphatic carbocycles. The molecule has 0 bridgehead atoms. The van der Waals surface area contributed by atoms with Gasteiger partial charge in [0, 0.05) is 12.1 Å². The second-order valence-electron chi connectivity index (χ2n) is 7.36. The zero-order valence-electron chi connectivity index (χ0n) is 15.9. The lowest BCUT2D eigenvalue weighted by Crippen LogP contribution is -2.26. The highest BCUT2D eigenvalue weighted by Crippen LogP contribution is 2.35. The molecule has 1 atom stereocenters. The Bertz CT molecular complexity index is 1310. The van der Waals surface area contributed by atoms with Crippen molar-refractivity contribution in [3.8, 4) is 5.69 Å². The van der Waals surface area contributed by atoms with E-state index in [1.165, 1.54) is 0 Å². The molecule has 2 heterocycles. The summed E-state index contributed by atoms with van der Waals surface area (Å²) in [5, 5.41) is 3.51. The molecule has 142 valence electrons. The van der Waals surface area contributed by atoms with E-state index in [2.05, 4.69) is 5.32 Å². The minimum absolute atomic E-state index is 0.0624. The van der Waals surface area contributed by atoms with Gasteiger partial charge in [0.25, 0.3) is 5.56 Å². The minimum Gasteiger partial charge on any atom is -0.325 e. The van der Waals surface area contributed by atoms with E-state index < -0.39 is 0 Å². The monoisotopic (exact) mass is 381 g/mol. The molecule has 29 heavy (non-hydrogen) atoms. The molecule has 1 aromatic heterocycles. The first-order valence-electron chi connectivity index (χ1n) is 9.59. The molecule has 1 N–H and O–H groups in total. The third kappa shape index (κ3) is 2.91. The first-order valence-corrected chi connectivity index (χ1v) is 9.59. The number of nitrogens with zero attached hydrogens (tertiary/aromatic N) is 2. The van der Waals surface area contributed by atoms with Gasteiger partial charge in [-0.05, 0) is 42.8 Å². The van der Waals surface area contributed by atoms with Crippen LogP contribution in [0.5, 0.6) is 0 Å². The Balaban J connectivity index is 1.70. The number of para-hydroxylation sites is 2. The third-order valence-electron chi connectivity index (χ3n) is 5.40. The number of fused-ring (bicyclic) bond motifs is 2. The average Bonchev–Trinajstić information content (AvgIpc) is 3.03. The maximum atomic E-state index is 13.3. The first-order chi connectivity index (χ1) is 14.1. The highest BCUT2D eigenvalue weighted by atomic mass is 16.2. The summed E-state index contributed by atoms with van der Waals surface area (Å²) in [5.41, 5.74) is 4.14. The Hall–Kier alpha value is -3.73. The summed E-state index contributed by atoms with van der Waals surface area (Å²) in [5.74, 6) is 0.134. The summed E-state index contributed by atoms with van der Waals surface area (Å²) >= 11 is 0. The quantitative estimate of drug-likeness (QED) is 0.584. The Labute approximate surface area is 167 Å². The normalized spacial score (nSPS) is 15.3. The van der Waals surface area contributed by atoms with E-state index in [1.807, 2.05) is 73.7 Å². The van der Waals surface area contributed by atoms with E-state index in [1.54, 1.807) is 10.6 Å². The number of carbonyl (C=O) groups excluding carboxylic acids is 1. The fourth-order valence-electron chi connectivity index (χ4n) is 3.99. The Morgan fingerprint density at radius 2 is 1.72 bits per heavy atom. The summed E-state index contributed by atoms with van der Waals surface area (Å²) in [6.07, 6.45) is 0.344. The predicted octanol–water partition coefficient (Wildman–Crippen LogP) is 3.97. The van der Waals surface area contributed by atoms with Crippen LogP contribution in [0.15, 0.2) is 77.6 Å². The Morgan fingerprint density at radius 3 is 2.55 bits per heavy atom. The van der Waals surface area contributed by atoms with Gasteiger partial charge in [-0.25, -0.2) is 4.98 Å². The smallest absolute Gasteiger partial charge is 0.265 e. The Morgan fingerprint density at radius 1 is 0.966 bits per heavy atom. The van der Waals surface area contributed by atoms with Crippen molar-refractivity contribution in [1.29, 1.82) is 0 Å². The van der Waals surface area contributed by atoms with Crippen LogP contribution in [0.25, 0.3) is 16.6 Å². The zero-order valence-corrected chi connectivity index (χ0v) is 15.9. The minimum atomic E-state index is -0.382. The summed E-state index contributed by atoms with van der Waals surface area (Å²) in [6, 6.07) is 22.7. The van der Waals surface area contributed by atoms with Gasteiger partial charge in [-0.3, -0.25) is 14.2 Å². The first kappa shape index (κ1) is 17.4. The van der Waals surface area contributed by atoms with E-state index in [9.17, 15) is 9.59 Å². The molecule has 0 saturated carbocycles. The second kappa shape index (κ2) is 6.71. The van der Waals surface area contributed by atoms with Crippen LogP contribution in [-0.2, 0) is 11.2 Å². The number of amides is 1. The third-order valence-corrected chi connectivity index (χ3v) is 5.40. The molecule has 1 aliphatic rings. The number of rotatable bonds is 3. The van der Waals surface area contributed by atoms with Crippen LogP contribution in [0.1, 0.15) is 22.9 Å². The molecule has 0 saturated heterocycles. The molecule has 1 aliphatic heterocycles. The molecule has 5 nitrogen and oxygen atoms in total. The molecular weight excluding hydrogens is 362 g/mol. The van der Waals surface area contributed by atoms with E-state index in [0.29, 0.717) is 23.1 Å². The van der Waals surface area contributed by atoms with Gasteiger partial charge in [0.1, 0.15) is 5.82 Å². The number of carbonyl (C=O) groups is 1. The van der Waals surface area contributed by atoms with Crippen molar-refractivity contribution in [3.05, 3.63) is 100 Å². The van der Waals surface area contributed by atoms with E-state index in [-0.39, 0.29) is 17.4 Å². The molecule has 1 amide bonds. The van der Waals surface area contributed by atoms with Gasteiger partial charge in [-0.15, -0.1) is 0 Å². The molecule has 0 spiro atoms. The molecule has 0 radical (unpaired) electrons. The predicted molar refractivity (Wildman–Crippen MR) is 114 cm³/mol. The van der Waals surface area contributed by atoms with Gasteiger partial charge >= 0.3 is 0 Å². The lowest BCUT2D eigenvalue weighted by atomic mass is 9.95. The van der Waals surface area contributed by atoms with Crippen LogP contribution in [0, 0.1) is 6.92 Å². The van der Waals surface area contributed by atoms with Crippen molar-refractivity contribution < 1.29 is 4.79 Å². The van der Waals surface area contributed by atoms with Crippen LogP contribution in [0.2, 0.25) is 0 Å². The van der Waals surface area contributed by atoms with Gasteiger partial charge < -0.3 is 5.32 Å². The number of nitrogens with one attached hydrogen (secondary N) is 1. The summed E-state index contributed by atoms with van der Waals surface area (Å²) in [6.45, 7) is 2.01. The van der Waals surface area contributed by atoms with Gasteiger partial charge in [0.2, 0.25) is 5.91 Å². The standard InChI is InChI=1S/C24H19N3O2/c1-15-11-12-21-18(13-15)19(23(28)26-21)14-22-25-20-10-6-5-9-17(20)24(29)27(22)16-7-3-2-4-8-16/h2-13,19H,14H2,1H3,(H,26,28)/t19-/m1/s1. The number of hydrogen-bond acceptors (Lipinski definition) is 3. The van der Waals surface area contributed by atoms with Crippen LogP contribution >= 0.6 is 0 Å². The second-order valence-corrected chi connectivity index (χ2v) is 7.36. The van der Waals surface area contributed by atoms with Gasteiger partial charge in [0.15, 0.2) is 0 Å². The van der Waals surface area contributed by atoms with E-state index in [0.717, 1.165) is 22.5 Å². The lowest BCUT2D eigenvalue weighted by molar-refractivity contribution is -0.117. The van der Waals surface area contributed by atoms with Crippen LogP contribution < -0.4 is 10.9 Å². The van der Waals surface area contributed by atoms with Crippen molar-refractivity contribution in [2.24, 2.45) is 0 Å². The molecule has 5 rings (SSSR count). The van der Waals surface area contributed by atoms with Crippen molar-refractivity contribution in [2.75, 3.05) is 5.32 Å². The van der Waals surface area contributed by atoms with Crippen molar-refractivity contribution >= 4 is 22.5 Å². The van der Waals surface area contributed by atoms with Gasteiger partial charge in [0.05, 0.1) is 22.5 Å². The number of aryl methyl sites for hydroxylation is 1. The van der Waals surface area contributed by atoms with E-state index >= 15 is 0 Å². The van der Waals surface area contributed by atoms with Crippen LogP contribution in [0.3, 0.4) is 0 Å². The summed E-state index contributed by atoms with van der Waals surface area (Å²) in [4.78, 5) is 30.8. The molecule has 4 aromatic rings. The number of aromatic nitrogens is 2. The molecule has 5 heteroatoms. The Kier molecular flexibility index (Phi) is 4.02. The van der Waals surface area contributed by atoms with Gasteiger partial charge in [-0.1, -0.05) is 48.0 Å². The van der Waals surface area contributed by atoms with E-state index in [4.69, 9.17) is 4.98 Å². The fourth-order valence-corrected chi connectivity index (χ4v) is 3.99. The molecule has 0 fully saturated rings. The average molecular weight is 381 g/mol. The van der Waals surface area contributed by atoms with Crippen molar-refractivity contribution in [3.63, 3.8) is 0 Å². The zero-order chi connectivity index (χ0) is 20.0. The number of anilines is 1. The highest BCUT2D eigenvalue weighted by molar-refractivity contribution is 6.03. The largest absolute Gasteiger partial charge is 0.325 e. The van der Waals surface area contributed by atoms with Crippen molar-refractivity contribution in [2.45, 2.75) is 19.3 Å². The topological polar surface area (TPSA) is 64.0 Å². The van der Waals surface area contributed by atoms with Crippen LogP contribution in [0.4, 0.5) is 5.69 Å². The fraction of sp³-hybridized carbons (Fsp3) is 0.125. The number of benzene rings is 3.